The maximum absolute atomic E-state index is 3.89. The quantitative estimate of drug-likeness (QED) is 0.568. The molecule has 4 N–H and O–H groups in total. The molecule has 0 aromatic heterocycles. The summed E-state index contributed by atoms with van der Waals surface area (Å²) in [4.78, 5) is 0.701. The van der Waals surface area contributed by atoms with Gasteiger partial charge in [0.25, 0.3) is 0 Å². The van der Waals surface area contributed by atoms with E-state index in [4.69, 9.17) is 0 Å². The van der Waals surface area contributed by atoms with E-state index in [0.29, 0.717) is 29.2 Å². The maximum atomic E-state index is 3.89. The lowest BCUT2D eigenvalue weighted by Crippen LogP contribution is -2.67. The molecule has 5 nitrogen and oxygen atoms in total. The van der Waals surface area contributed by atoms with Gasteiger partial charge in [0.15, 0.2) is 0 Å². The number of rotatable bonds is 2. The Morgan fingerprint density at radius 2 is 1.90 bits per heavy atom. The first-order valence-electron chi connectivity index (χ1n) is 7.99. The Morgan fingerprint density at radius 3 is 2.65 bits per heavy atom. The van der Waals surface area contributed by atoms with E-state index in [2.05, 4.69) is 63.1 Å². The third-order valence-corrected chi connectivity index (χ3v) is 6.24. The van der Waals surface area contributed by atoms with Gasteiger partial charge in [0.2, 0.25) is 0 Å². The summed E-state index contributed by atoms with van der Waals surface area (Å²) in [5.74, 6) is 0.764. The number of hydrogen-bond donors (Lipinski definition) is 4. The Labute approximate surface area is 130 Å². The van der Waals surface area contributed by atoms with Crippen molar-refractivity contribution in [1.82, 2.24) is 26.4 Å². The zero-order valence-corrected chi connectivity index (χ0v) is 14.3. The first kappa shape index (κ1) is 15.2. The molecule has 3 aliphatic rings. The minimum absolute atomic E-state index is 0.246. The summed E-state index contributed by atoms with van der Waals surface area (Å²) in [6.45, 7) is 6.80. The minimum atomic E-state index is 0.246. The molecule has 7 atom stereocenters. The van der Waals surface area contributed by atoms with Crippen LogP contribution in [-0.4, -0.2) is 40.5 Å². The van der Waals surface area contributed by atoms with Crippen LogP contribution in [0.5, 0.6) is 0 Å². The van der Waals surface area contributed by atoms with Crippen molar-refractivity contribution in [3.63, 3.8) is 0 Å². The lowest BCUT2D eigenvalue weighted by atomic mass is 9.86. The second-order valence-corrected chi connectivity index (χ2v) is 7.99. The second kappa shape index (κ2) is 6.18. The maximum Gasteiger partial charge on any atom is 0.130 e. The number of halogens is 1. The highest BCUT2D eigenvalue weighted by molar-refractivity contribution is 9.09. The smallest absolute Gasteiger partial charge is 0.130 e. The van der Waals surface area contributed by atoms with Crippen LogP contribution in [0.3, 0.4) is 0 Å². The molecular weight excluding hydrogens is 318 g/mol. The molecule has 0 radical (unpaired) electrons. The van der Waals surface area contributed by atoms with Crippen LogP contribution in [0.15, 0.2) is 0 Å². The number of nitrogens with zero attached hydrogens (tertiary/aromatic N) is 1. The molecule has 3 fully saturated rings. The van der Waals surface area contributed by atoms with E-state index in [1.54, 1.807) is 0 Å². The van der Waals surface area contributed by atoms with Gasteiger partial charge in [-0.25, -0.2) is 5.43 Å². The molecule has 20 heavy (non-hydrogen) atoms. The van der Waals surface area contributed by atoms with Gasteiger partial charge in [-0.05, 0) is 45.4 Å². The van der Waals surface area contributed by atoms with Crippen molar-refractivity contribution < 1.29 is 0 Å². The van der Waals surface area contributed by atoms with Gasteiger partial charge in [-0.3, -0.25) is 16.0 Å². The van der Waals surface area contributed by atoms with Crippen molar-refractivity contribution in [1.29, 1.82) is 0 Å². The van der Waals surface area contributed by atoms with Crippen LogP contribution >= 0.6 is 15.9 Å². The third-order valence-electron chi connectivity index (χ3n) is 4.88. The van der Waals surface area contributed by atoms with E-state index < -0.39 is 0 Å². The van der Waals surface area contributed by atoms with E-state index in [1.807, 2.05) is 0 Å². The number of hydrazine groups is 1. The van der Waals surface area contributed by atoms with Crippen LogP contribution < -0.4 is 21.4 Å². The van der Waals surface area contributed by atoms with Crippen molar-refractivity contribution in [2.75, 3.05) is 0 Å². The fraction of sp³-hybridized carbons (Fsp3) is 1.00. The Hall–Kier alpha value is 0.280. The monoisotopic (exact) mass is 345 g/mol. The SMILES string of the molecule is CC1CC(NC2CCC(Br)C(C)C2)N2NC(C)NC2N1. The van der Waals surface area contributed by atoms with Crippen LogP contribution in [0, 0.1) is 5.92 Å². The number of fused-ring (bicyclic) bond motifs is 1. The zero-order chi connectivity index (χ0) is 14.3. The molecule has 0 bridgehead atoms. The molecule has 0 amide bonds. The van der Waals surface area contributed by atoms with Crippen molar-refractivity contribution in [3.05, 3.63) is 0 Å². The highest BCUT2D eigenvalue weighted by atomic mass is 79.9. The Bertz CT molecular complexity index is 342. The molecule has 0 aromatic carbocycles. The summed E-state index contributed by atoms with van der Waals surface area (Å²) < 4.78 is 0. The predicted molar refractivity (Wildman–Crippen MR) is 85.0 cm³/mol. The molecule has 0 spiro atoms. The van der Waals surface area contributed by atoms with Gasteiger partial charge in [-0.2, -0.15) is 5.01 Å². The Kier molecular flexibility index (Phi) is 4.69. The van der Waals surface area contributed by atoms with E-state index in [0.717, 1.165) is 12.3 Å². The molecule has 1 saturated carbocycles. The van der Waals surface area contributed by atoms with Crippen LogP contribution in [0.1, 0.15) is 46.5 Å². The van der Waals surface area contributed by atoms with Crippen molar-refractivity contribution in [2.45, 2.75) is 82.0 Å². The van der Waals surface area contributed by atoms with E-state index in [9.17, 15) is 0 Å². The summed E-state index contributed by atoms with van der Waals surface area (Å²) in [6.07, 6.45) is 5.97. The molecule has 6 heteroatoms. The molecule has 7 unspecified atom stereocenters. The summed E-state index contributed by atoms with van der Waals surface area (Å²) in [6, 6.07) is 1.19. The standard InChI is InChI=1S/C14H28BrN5/c1-8-6-11(4-5-12(8)15)18-13-7-9(2)16-14-17-10(3)19-20(13)14/h8-14,16-19H,4-7H2,1-3H3. The van der Waals surface area contributed by atoms with Gasteiger partial charge in [-0.15, -0.1) is 0 Å². The molecular formula is C14H28BrN5. The third kappa shape index (κ3) is 3.20. The van der Waals surface area contributed by atoms with E-state index in [1.165, 1.54) is 19.3 Å². The lowest BCUT2D eigenvalue weighted by Gasteiger charge is -2.43. The fourth-order valence-electron chi connectivity index (χ4n) is 3.77. The molecule has 2 aliphatic heterocycles. The Morgan fingerprint density at radius 1 is 1.10 bits per heavy atom. The molecule has 2 saturated heterocycles. The predicted octanol–water partition coefficient (Wildman–Crippen LogP) is 1.28. The summed E-state index contributed by atoms with van der Waals surface area (Å²) >= 11 is 3.80. The highest BCUT2D eigenvalue weighted by Crippen LogP contribution is 2.30. The van der Waals surface area contributed by atoms with Crippen LogP contribution in [-0.2, 0) is 0 Å². The number of alkyl halides is 1. The lowest BCUT2D eigenvalue weighted by molar-refractivity contribution is 0.00921. The van der Waals surface area contributed by atoms with E-state index >= 15 is 0 Å². The van der Waals surface area contributed by atoms with Gasteiger partial charge < -0.3 is 0 Å². The number of nitrogens with one attached hydrogen (secondary N) is 4. The van der Waals surface area contributed by atoms with Crippen LogP contribution in [0.4, 0.5) is 0 Å². The van der Waals surface area contributed by atoms with Gasteiger partial charge in [0.1, 0.15) is 6.29 Å². The first-order valence-corrected chi connectivity index (χ1v) is 8.91. The van der Waals surface area contributed by atoms with Gasteiger partial charge in [-0.1, -0.05) is 22.9 Å². The van der Waals surface area contributed by atoms with Gasteiger partial charge >= 0.3 is 0 Å². The highest BCUT2D eigenvalue weighted by Gasteiger charge is 2.40. The largest absolute Gasteiger partial charge is 0.298 e. The van der Waals surface area contributed by atoms with Crippen LogP contribution in [0.25, 0.3) is 0 Å². The summed E-state index contributed by atoms with van der Waals surface area (Å²) in [7, 11) is 0. The molecule has 116 valence electrons. The fourth-order valence-corrected chi connectivity index (χ4v) is 4.25. The van der Waals surface area contributed by atoms with Crippen molar-refractivity contribution >= 4 is 15.9 Å². The van der Waals surface area contributed by atoms with Crippen LogP contribution in [0.2, 0.25) is 0 Å². The Balaban J connectivity index is 1.61. The minimum Gasteiger partial charge on any atom is -0.298 e. The zero-order valence-electron chi connectivity index (χ0n) is 12.7. The topological polar surface area (TPSA) is 51.4 Å². The van der Waals surface area contributed by atoms with Crippen molar-refractivity contribution in [2.24, 2.45) is 5.92 Å². The molecule has 0 aromatic rings. The number of hydrogen-bond acceptors (Lipinski definition) is 5. The van der Waals surface area contributed by atoms with Gasteiger partial charge in [0, 0.05) is 16.9 Å². The summed E-state index contributed by atoms with van der Waals surface area (Å²) in [5, 5.41) is 13.3. The normalized spacial score (nSPS) is 50.1. The van der Waals surface area contributed by atoms with Gasteiger partial charge in [0.05, 0.1) is 12.3 Å². The summed E-state index contributed by atoms with van der Waals surface area (Å²) in [5.41, 5.74) is 3.52. The molecule has 3 rings (SSSR count). The molecule has 2 heterocycles. The average molecular weight is 346 g/mol. The van der Waals surface area contributed by atoms with Crippen molar-refractivity contribution in [3.8, 4) is 0 Å². The average Bonchev–Trinajstić information content (AvgIpc) is 2.74. The van der Waals surface area contributed by atoms with E-state index in [-0.39, 0.29) is 6.29 Å². The second-order valence-electron chi connectivity index (χ2n) is 6.82. The first-order chi connectivity index (χ1) is 9.52. The molecule has 1 aliphatic carbocycles.